The Balaban J connectivity index is 1.84. The van der Waals surface area contributed by atoms with E-state index in [2.05, 4.69) is 10.6 Å². The van der Waals surface area contributed by atoms with Gasteiger partial charge in [-0.3, -0.25) is 9.69 Å². The van der Waals surface area contributed by atoms with Crippen LogP contribution in [0, 0.1) is 0 Å². The van der Waals surface area contributed by atoms with Gasteiger partial charge in [0.15, 0.2) is 0 Å². The van der Waals surface area contributed by atoms with Gasteiger partial charge < -0.3 is 16.4 Å². The highest BCUT2D eigenvalue weighted by Crippen LogP contribution is 2.32. The second kappa shape index (κ2) is 7.89. The Morgan fingerprint density at radius 1 is 1.21 bits per heavy atom. The molecular weight excluding hydrogens is 373 g/mol. The lowest BCUT2D eigenvalue weighted by atomic mass is 10.1. The van der Waals surface area contributed by atoms with Crippen LogP contribution in [0.15, 0.2) is 42.5 Å². The quantitative estimate of drug-likeness (QED) is 0.746. The van der Waals surface area contributed by atoms with E-state index in [1.807, 2.05) is 0 Å². The van der Waals surface area contributed by atoms with Crippen LogP contribution in [0.4, 0.5) is 29.3 Å². The number of carbonyl (C=O) groups is 2. The molecule has 6 nitrogen and oxygen atoms in total. The minimum absolute atomic E-state index is 0.00129. The molecule has 0 radical (unpaired) electrons. The fraction of sp³-hybridized carbons (Fsp3) is 0.263. The number of nitrogens with two attached hydrogens (primary N) is 1. The van der Waals surface area contributed by atoms with Crippen molar-refractivity contribution in [3.63, 3.8) is 0 Å². The Labute approximate surface area is 159 Å². The zero-order valence-corrected chi connectivity index (χ0v) is 14.8. The summed E-state index contributed by atoms with van der Waals surface area (Å²) in [5, 5.41) is 5.19. The lowest BCUT2D eigenvalue weighted by Gasteiger charge is -2.27. The van der Waals surface area contributed by atoms with E-state index in [9.17, 15) is 22.8 Å². The first-order chi connectivity index (χ1) is 13.3. The third-order valence-corrected chi connectivity index (χ3v) is 4.31. The molecule has 9 heteroatoms. The number of alkyl halides is 3. The lowest BCUT2D eigenvalue weighted by molar-refractivity contribution is -0.137. The van der Waals surface area contributed by atoms with E-state index in [1.54, 1.807) is 12.1 Å². The van der Waals surface area contributed by atoms with Gasteiger partial charge in [-0.2, -0.15) is 13.2 Å². The van der Waals surface area contributed by atoms with Crippen LogP contribution in [0.5, 0.6) is 0 Å². The summed E-state index contributed by atoms with van der Waals surface area (Å²) in [6.07, 6.45) is -3.78. The molecule has 0 aromatic heterocycles. The molecule has 0 atom stereocenters. The number of nitrogens with one attached hydrogen (secondary N) is 2. The molecule has 0 unspecified atom stereocenters. The molecule has 1 heterocycles. The molecule has 0 bridgehead atoms. The van der Waals surface area contributed by atoms with E-state index in [4.69, 9.17) is 5.73 Å². The zero-order valence-electron chi connectivity index (χ0n) is 14.8. The summed E-state index contributed by atoms with van der Waals surface area (Å²) in [6.45, 7) is 1.02. The van der Waals surface area contributed by atoms with Crippen LogP contribution in [-0.2, 0) is 12.7 Å². The smallest absolute Gasteiger partial charge is 0.338 e. The molecule has 1 aliphatic heterocycles. The van der Waals surface area contributed by atoms with Crippen LogP contribution in [0.25, 0.3) is 0 Å². The summed E-state index contributed by atoms with van der Waals surface area (Å²) in [5.74, 6) is -0.582. The maximum atomic E-state index is 13.0. The number of hydrogen-bond acceptors (Lipinski definition) is 3. The lowest BCUT2D eigenvalue weighted by Crippen LogP contribution is -2.46. The predicted octanol–water partition coefficient (Wildman–Crippen LogP) is 3.34. The standard InChI is InChI=1S/C19H19F3N4O2/c20-19(21,22)14-7-12(11-23)8-15(10-14)25-17(27)13-3-1-4-16(9-13)26-6-2-5-24-18(26)28/h1,3-4,7-10H,2,5-6,11,23H2,(H,24,28)(H,25,27). The van der Waals surface area contributed by atoms with Crippen molar-refractivity contribution in [2.24, 2.45) is 5.73 Å². The number of benzene rings is 2. The van der Waals surface area contributed by atoms with Crippen molar-refractivity contribution >= 4 is 23.3 Å². The van der Waals surface area contributed by atoms with E-state index < -0.39 is 17.6 Å². The molecule has 3 rings (SSSR count). The maximum absolute atomic E-state index is 13.0. The second-order valence-electron chi connectivity index (χ2n) is 6.36. The molecule has 3 amide bonds. The average Bonchev–Trinajstić information content (AvgIpc) is 2.67. The van der Waals surface area contributed by atoms with Crippen molar-refractivity contribution in [2.45, 2.75) is 19.1 Å². The molecule has 1 fully saturated rings. The van der Waals surface area contributed by atoms with Gasteiger partial charge in [0.25, 0.3) is 5.91 Å². The fourth-order valence-corrected chi connectivity index (χ4v) is 2.94. The molecule has 1 aliphatic rings. The highest BCUT2D eigenvalue weighted by atomic mass is 19.4. The van der Waals surface area contributed by atoms with Crippen LogP contribution in [-0.4, -0.2) is 25.0 Å². The zero-order chi connectivity index (χ0) is 20.3. The molecule has 2 aromatic rings. The molecule has 0 aliphatic carbocycles. The highest BCUT2D eigenvalue weighted by Gasteiger charge is 2.31. The van der Waals surface area contributed by atoms with E-state index >= 15 is 0 Å². The number of halogens is 3. The van der Waals surface area contributed by atoms with Crippen molar-refractivity contribution in [3.8, 4) is 0 Å². The molecule has 28 heavy (non-hydrogen) atoms. The fourth-order valence-electron chi connectivity index (χ4n) is 2.94. The summed E-state index contributed by atoms with van der Waals surface area (Å²) < 4.78 is 39.1. The van der Waals surface area contributed by atoms with E-state index in [0.29, 0.717) is 18.8 Å². The van der Waals surface area contributed by atoms with Crippen molar-refractivity contribution in [1.82, 2.24) is 5.32 Å². The number of nitrogens with zero attached hydrogens (tertiary/aromatic N) is 1. The van der Waals surface area contributed by atoms with Gasteiger partial charge >= 0.3 is 12.2 Å². The molecule has 148 valence electrons. The summed E-state index contributed by atoms with van der Waals surface area (Å²) in [5.41, 5.74) is 5.60. The van der Waals surface area contributed by atoms with Gasteiger partial charge in [0.1, 0.15) is 0 Å². The molecule has 4 N–H and O–H groups in total. The second-order valence-corrected chi connectivity index (χ2v) is 6.36. The Bertz CT molecular complexity index is 899. The molecule has 2 aromatic carbocycles. The number of rotatable bonds is 4. The first-order valence-corrected chi connectivity index (χ1v) is 8.66. The van der Waals surface area contributed by atoms with Crippen molar-refractivity contribution < 1.29 is 22.8 Å². The van der Waals surface area contributed by atoms with E-state index in [-0.39, 0.29) is 29.4 Å². The van der Waals surface area contributed by atoms with E-state index in [0.717, 1.165) is 18.6 Å². The van der Waals surface area contributed by atoms with Crippen molar-refractivity contribution in [1.29, 1.82) is 0 Å². The summed E-state index contributed by atoms with van der Waals surface area (Å²) >= 11 is 0. The highest BCUT2D eigenvalue weighted by molar-refractivity contribution is 6.05. The minimum atomic E-state index is -4.55. The first kappa shape index (κ1) is 19.7. The molecule has 0 saturated carbocycles. The van der Waals surface area contributed by atoms with Crippen LogP contribution in [0.2, 0.25) is 0 Å². The maximum Gasteiger partial charge on any atom is 0.416 e. The molecule has 1 saturated heterocycles. The number of amides is 3. The predicted molar refractivity (Wildman–Crippen MR) is 99.1 cm³/mol. The number of anilines is 2. The van der Waals surface area contributed by atoms with Gasteiger partial charge in [0, 0.05) is 36.6 Å². The van der Waals surface area contributed by atoms with Crippen LogP contribution in [0.1, 0.15) is 27.9 Å². The Morgan fingerprint density at radius 3 is 2.68 bits per heavy atom. The van der Waals surface area contributed by atoms with Gasteiger partial charge in [-0.05, 0) is 48.4 Å². The number of urea groups is 1. The summed E-state index contributed by atoms with van der Waals surface area (Å²) in [7, 11) is 0. The van der Waals surface area contributed by atoms with Gasteiger partial charge in [0.05, 0.1) is 5.56 Å². The average molecular weight is 392 g/mol. The summed E-state index contributed by atoms with van der Waals surface area (Å²) in [4.78, 5) is 26.0. The van der Waals surface area contributed by atoms with E-state index in [1.165, 1.54) is 23.1 Å². The summed E-state index contributed by atoms with van der Waals surface area (Å²) in [6, 6.07) is 9.31. The largest absolute Gasteiger partial charge is 0.416 e. The van der Waals surface area contributed by atoms with Gasteiger partial charge in [-0.25, -0.2) is 4.79 Å². The van der Waals surface area contributed by atoms with Crippen molar-refractivity contribution in [2.75, 3.05) is 23.3 Å². The van der Waals surface area contributed by atoms with Crippen molar-refractivity contribution in [3.05, 3.63) is 59.2 Å². The van der Waals surface area contributed by atoms with Gasteiger partial charge in [-0.15, -0.1) is 0 Å². The number of carbonyl (C=O) groups excluding carboxylic acids is 2. The topological polar surface area (TPSA) is 87.5 Å². The Hall–Kier alpha value is -3.07. The monoisotopic (exact) mass is 392 g/mol. The van der Waals surface area contributed by atoms with Gasteiger partial charge in [-0.1, -0.05) is 6.07 Å². The Kier molecular flexibility index (Phi) is 5.55. The Morgan fingerprint density at radius 2 is 2.00 bits per heavy atom. The molecular formula is C19H19F3N4O2. The third-order valence-electron chi connectivity index (χ3n) is 4.31. The van der Waals surface area contributed by atoms with Gasteiger partial charge in [0.2, 0.25) is 0 Å². The minimum Gasteiger partial charge on any atom is -0.338 e. The molecule has 0 spiro atoms. The van der Waals surface area contributed by atoms with Crippen LogP contribution >= 0.6 is 0 Å². The van der Waals surface area contributed by atoms with Crippen LogP contribution < -0.4 is 21.3 Å². The number of hydrogen-bond donors (Lipinski definition) is 3. The third kappa shape index (κ3) is 4.42. The first-order valence-electron chi connectivity index (χ1n) is 8.66. The normalized spacial score (nSPS) is 14.6. The van der Waals surface area contributed by atoms with Crippen LogP contribution in [0.3, 0.4) is 0 Å². The SMILES string of the molecule is NCc1cc(NC(=O)c2cccc(N3CCCNC3=O)c2)cc(C(F)(F)F)c1.